The van der Waals surface area contributed by atoms with Gasteiger partial charge in [0.2, 0.25) is 11.8 Å². The molecule has 5 rings (SSSR count). The fourth-order valence-electron chi connectivity index (χ4n) is 5.76. The molecule has 1 aromatic heterocycles. The van der Waals surface area contributed by atoms with Crippen LogP contribution in [0, 0.1) is 0 Å². The van der Waals surface area contributed by atoms with E-state index in [1.54, 1.807) is 11.1 Å². The monoisotopic (exact) mass is 513 g/mol. The van der Waals surface area contributed by atoms with Gasteiger partial charge in [0, 0.05) is 22.7 Å². The third kappa shape index (κ3) is 5.58. The lowest BCUT2D eigenvalue weighted by Crippen LogP contribution is -2.51. The van der Waals surface area contributed by atoms with Gasteiger partial charge in [0.05, 0.1) is 17.8 Å². The van der Waals surface area contributed by atoms with E-state index in [0.717, 1.165) is 50.5 Å². The minimum absolute atomic E-state index is 0.0244. The SMILES string of the molecule is CC(C)(C)c1ccc(N(C(=O)[C@H]2CCCN2)C(C(=O)NC2CCCCC2)c2cnnc3ccccc23)cc1. The van der Waals surface area contributed by atoms with Gasteiger partial charge in [0.1, 0.15) is 6.04 Å². The summed E-state index contributed by atoms with van der Waals surface area (Å²) in [4.78, 5) is 30.2. The standard InChI is InChI=1S/C31H39N5O2/c1-31(2,3)21-15-17-23(18-16-21)36(30(38)27-14-9-19-32-27)28(29(37)34-22-10-5-4-6-11-22)25-20-33-35-26-13-8-7-12-24(25)26/h7-8,12-13,15-18,20,22,27-28,32H,4-6,9-11,14,19H2,1-3H3,(H,34,37)/t27-,28?/m1/s1. The van der Waals surface area contributed by atoms with E-state index in [1.165, 1.54) is 12.0 Å². The molecule has 7 nitrogen and oxygen atoms in total. The number of anilines is 1. The molecule has 7 heteroatoms. The Labute approximate surface area is 225 Å². The minimum Gasteiger partial charge on any atom is -0.351 e. The molecule has 1 aliphatic carbocycles. The fraction of sp³-hybridized carbons (Fsp3) is 0.484. The van der Waals surface area contributed by atoms with Crippen molar-refractivity contribution in [3.63, 3.8) is 0 Å². The van der Waals surface area contributed by atoms with Crippen LogP contribution in [-0.2, 0) is 15.0 Å². The summed E-state index contributed by atoms with van der Waals surface area (Å²) in [6.45, 7) is 7.31. The lowest BCUT2D eigenvalue weighted by molar-refractivity contribution is -0.128. The van der Waals surface area contributed by atoms with Crippen molar-refractivity contribution >= 4 is 28.4 Å². The highest BCUT2D eigenvalue weighted by atomic mass is 16.2. The van der Waals surface area contributed by atoms with E-state index in [0.29, 0.717) is 16.8 Å². The number of aromatic nitrogens is 2. The lowest BCUT2D eigenvalue weighted by atomic mass is 9.87. The molecule has 0 bridgehead atoms. The first kappa shape index (κ1) is 26.3. The summed E-state index contributed by atoms with van der Waals surface area (Å²) in [5.41, 5.74) is 3.25. The summed E-state index contributed by atoms with van der Waals surface area (Å²) >= 11 is 0. The van der Waals surface area contributed by atoms with Gasteiger partial charge in [0.15, 0.2) is 0 Å². The first-order valence-corrected chi connectivity index (χ1v) is 14.0. The molecular weight excluding hydrogens is 474 g/mol. The van der Waals surface area contributed by atoms with Gasteiger partial charge in [-0.1, -0.05) is 70.4 Å². The molecule has 1 saturated heterocycles. The van der Waals surface area contributed by atoms with Gasteiger partial charge in [-0.05, 0) is 61.4 Å². The highest BCUT2D eigenvalue weighted by Crippen LogP contribution is 2.34. The summed E-state index contributed by atoms with van der Waals surface area (Å²) < 4.78 is 0. The van der Waals surface area contributed by atoms with Crippen LogP contribution in [0.3, 0.4) is 0 Å². The Balaban J connectivity index is 1.63. The van der Waals surface area contributed by atoms with E-state index in [4.69, 9.17) is 0 Å². The number of carbonyl (C=O) groups is 2. The van der Waals surface area contributed by atoms with Crippen LogP contribution in [0.1, 0.15) is 82.9 Å². The molecule has 0 spiro atoms. The second-order valence-electron chi connectivity index (χ2n) is 11.7. The van der Waals surface area contributed by atoms with Crippen LogP contribution in [0.5, 0.6) is 0 Å². The molecule has 2 aliphatic rings. The Morgan fingerprint density at radius 3 is 2.39 bits per heavy atom. The van der Waals surface area contributed by atoms with Crippen molar-refractivity contribution in [3.8, 4) is 0 Å². The summed E-state index contributed by atoms with van der Waals surface area (Å²) in [6, 6.07) is 14.7. The number of hydrogen-bond acceptors (Lipinski definition) is 5. The molecule has 2 heterocycles. The number of fused-ring (bicyclic) bond motifs is 1. The number of nitrogens with zero attached hydrogens (tertiary/aromatic N) is 3. The smallest absolute Gasteiger partial charge is 0.248 e. The Bertz CT molecular complexity index is 1270. The molecule has 2 fully saturated rings. The third-order valence-electron chi connectivity index (χ3n) is 7.94. The average molecular weight is 514 g/mol. The van der Waals surface area contributed by atoms with Gasteiger partial charge in [-0.3, -0.25) is 14.5 Å². The van der Waals surface area contributed by atoms with Crippen molar-refractivity contribution in [1.82, 2.24) is 20.8 Å². The van der Waals surface area contributed by atoms with E-state index >= 15 is 0 Å². The predicted molar refractivity (Wildman–Crippen MR) is 151 cm³/mol. The van der Waals surface area contributed by atoms with Gasteiger partial charge >= 0.3 is 0 Å². The van der Waals surface area contributed by atoms with Crippen LogP contribution in [0.25, 0.3) is 10.9 Å². The first-order valence-electron chi connectivity index (χ1n) is 14.0. The van der Waals surface area contributed by atoms with Gasteiger partial charge < -0.3 is 10.6 Å². The predicted octanol–water partition coefficient (Wildman–Crippen LogP) is 5.20. The van der Waals surface area contributed by atoms with Crippen LogP contribution in [-0.4, -0.2) is 40.6 Å². The molecule has 2 aromatic carbocycles. The molecule has 200 valence electrons. The Kier molecular flexibility index (Phi) is 7.75. The second kappa shape index (κ2) is 11.2. The molecule has 0 radical (unpaired) electrons. The van der Waals surface area contributed by atoms with E-state index < -0.39 is 6.04 Å². The molecule has 2 N–H and O–H groups in total. The van der Waals surface area contributed by atoms with Crippen molar-refractivity contribution in [1.29, 1.82) is 0 Å². The number of hydrogen-bond donors (Lipinski definition) is 2. The zero-order chi connectivity index (χ0) is 26.7. The molecule has 1 saturated carbocycles. The highest BCUT2D eigenvalue weighted by Gasteiger charge is 2.39. The summed E-state index contributed by atoms with van der Waals surface area (Å²) in [6.07, 6.45) is 8.69. The summed E-state index contributed by atoms with van der Waals surface area (Å²) in [7, 11) is 0. The Morgan fingerprint density at radius 2 is 1.71 bits per heavy atom. The quantitative estimate of drug-likeness (QED) is 0.473. The number of nitrogens with one attached hydrogen (secondary N) is 2. The molecule has 1 aliphatic heterocycles. The van der Waals surface area contributed by atoms with Crippen LogP contribution in [0.2, 0.25) is 0 Å². The van der Waals surface area contributed by atoms with Crippen LogP contribution in [0.15, 0.2) is 54.7 Å². The van der Waals surface area contributed by atoms with Crippen molar-refractivity contribution in [2.24, 2.45) is 0 Å². The first-order chi connectivity index (χ1) is 18.3. The Morgan fingerprint density at radius 1 is 0.974 bits per heavy atom. The number of benzene rings is 2. The van der Waals surface area contributed by atoms with Gasteiger partial charge in [-0.15, -0.1) is 0 Å². The van der Waals surface area contributed by atoms with Crippen LogP contribution < -0.4 is 15.5 Å². The lowest BCUT2D eigenvalue weighted by Gasteiger charge is -2.35. The maximum absolute atomic E-state index is 14.2. The largest absolute Gasteiger partial charge is 0.351 e. The zero-order valence-corrected chi connectivity index (χ0v) is 22.7. The van der Waals surface area contributed by atoms with Gasteiger partial charge in [0.25, 0.3) is 0 Å². The second-order valence-corrected chi connectivity index (χ2v) is 11.7. The van der Waals surface area contributed by atoms with Crippen molar-refractivity contribution in [2.75, 3.05) is 11.4 Å². The van der Waals surface area contributed by atoms with E-state index in [-0.39, 0.29) is 29.3 Å². The molecule has 3 aromatic rings. The topological polar surface area (TPSA) is 87.2 Å². The molecule has 2 amide bonds. The summed E-state index contributed by atoms with van der Waals surface area (Å²) in [5, 5.41) is 16.0. The fourth-order valence-corrected chi connectivity index (χ4v) is 5.76. The maximum Gasteiger partial charge on any atom is 0.248 e. The molecule has 2 atom stereocenters. The normalized spacial score (nSPS) is 19.3. The van der Waals surface area contributed by atoms with Crippen LogP contribution in [0.4, 0.5) is 5.69 Å². The number of amides is 2. The minimum atomic E-state index is -0.868. The van der Waals surface area contributed by atoms with E-state index in [1.807, 2.05) is 36.4 Å². The van der Waals surface area contributed by atoms with E-state index in [9.17, 15) is 9.59 Å². The third-order valence-corrected chi connectivity index (χ3v) is 7.94. The van der Waals surface area contributed by atoms with Crippen molar-refractivity contribution in [3.05, 3.63) is 65.9 Å². The van der Waals surface area contributed by atoms with Crippen molar-refractivity contribution in [2.45, 2.75) is 89.3 Å². The van der Waals surface area contributed by atoms with Gasteiger partial charge in [-0.25, -0.2) is 0 Å². The number of rotatable bonds is 6. The zero-order valence-electron chi connectivity index (χ0n) is 22.7. The maximum atomic E-state index is 14.2. The van der Waals surface area contributed by atoms with Crippen molar-refractivity contribution < 1.29 is 9.59 Å². The van der Waals surface area contributed by atoms with Crippen LogP contribution >= 0.6 is 0 Å². The Hall–Kier alpha value is -3.32. The summed E-state index contributed by atoms with van der Waals surface area (Å²) in [5.74, 6) is -0.253. The molecular formula is C31H39N5O2. The average Bonchev–Trinajstić information content (AvgIpc) is 3.47. The number of carbonyl (C=O) groups excluding carboxylic acids is 2. The molecule has 1 unspecified atom stereocenters. The van der Waals surface area contributed by atoms with Gasteiger partial charge in [-0.2, -0.15) is 10.2 Å². The van der Waals surface area contributed by atoms with E-state index in [2.05, 4.69) is 53.7 Å². The molecule has 38 heavy (non-hydrogen) atoms. The highest BCUT2D eigenvalue weighted by molar-refractivity contribution is 6.05.